The summed E-state index contributed by atoms with van der Waals surface area (Å²) >= 11 is 0. The number of carbonyl (C=O) groups excluding carboxylic acids is 2. The maximum atomic E-state index is 13.1. The summed E-state index contributed by atoms with van der Waals surface area (Å²) in [5.41, 5.74) is 1.17. The first-order valence-corrected chi connectivity index (χ1v) is 11.6. The van der Waals surface area contributed by atoms with Crippen LogP contribution in [0.5, 0.6) is 0 Å². The summed E-state index contributed by atoms with van der Waals surface area (Å²) in [5, 5.41) is 7.37. The molecule has 0 spiro atoms. The van der Waals surface area contributed by atoms with Gasteiger partial charge in [-0.1, -0.05) is 5.16 Å². The molecule has 1 unspecified atom stereocenters. The Morgan fingerprint density at radius 3 is 2.53 bits per heavy atom. The van der Waals surface area contributed by atoms with E-state index in [1.165, 1.54) is 0 Å². The topological polar surface area (TPSA) is 130 Å². The number of fused-ring (bicyclic) bond motifs is 1. The zero-order chi connectivity index (χ0) is 24.4. The summed E-state index contributed by atoms with van der Waals surface area (Å²) in [6.07, 6.45) is 0.559. The minimum Gasteiger partial charge on any atom is -0.384 e. The molecule has 1 atom stereocenters. The lowest BCUT2D eigenvalue weighted by Crippen LogP contribution is -2.48. The molecule has 2 aromatic rings. The first-order valence-electron chi connectivity index (χ1n) is 11.6. The molecule has 2 amide bonds. The van der Waals surface area contributed by atoms with Gasteiger partial charge in [0.15, 0.2) is 5.82 Å². The number of piperazine rings is 1. The van der Waals surface area contributed by atoms with Gasteiger partial charge < -0.3 is 29.3 Å². The van der Waals surface area contributed by atoms with E-state index in [4.69, 9.17) is 14.2 Å². The number of rotatable bonds is 8. The lowest BCUT2D eigenvalue weighted by atomic mass is 10.2. The Bertz CT molecular complexity index is 1050. The largest absolute Gasteiger partial charge is 0.384 e. The molecule has 1 N–H and O–H groups in total. The second-order valence-corrected chi connectivity index (χ2v) is 8.88. The predicted octanol–water partition coefficient (Wildman–Crippen LogP) is 1.25. The Kier molecular flexibility index (Phi) is 6.96. The normalized spacial score (nSPS) is 16.9. The number of hydrogen-bond acceptors (Lipinski definition) is 10. The minimum atomic E-state index is -0.326. The number of carbonyl (C=O) groups is 2. The van der Waals surface area contributed by atoms with Crippen LogP contribution in [0.3, 0.4) is 0 Å². The van der Waals surface area contributed by atoms with Gasteiger partial charge in [0.25, 0.3) is 5.91 Å². The quantitative estimate of drug-likeness (QED) is 0.599. The first-order chi connectivity index (χ1) is 16.3. The van der Waals surface area contributed by atoms with E-state index in [0.29, 0.717) is 74.9 Å². The third kappa shape index (κ3) is 4.81. The standard InChI is InChI=1S/C22H32N8O4/c1-13(2)30-12-16-18(21(30)32)25-22(29-9-7-28(8-10-29)15(4)31)26-19(16)23-14(3)20-24-17(27-34-20)6-11-33-5/h13-14H,6-12H2,1-5H3,(H,23,25,26). The molecule has 0 bridgehead atoms. The van der Waals surface area contributed by atoms with Crippen molar-refractivity contribution >= 4 is 23.6 Å². The van der Waals surface area contributed by atoms with E-state index in [-0.39, 0.29) is 23.9 Å². The van der Waals surface area contributed by atoms with Crippen LogP contribution in [0, 0.1) is 0 Å². The molecule has 0 aliphatic carbocycles. The van der Waals surface area contributed by atoms with Crippen LogP contribution >= 0.6 is 0 Å². The molecule has 0 radical (unpaired) electrons. The van der Waals surface area contributed by atoms with Crippen LogP contribution in [0.2, 0.25) is 0 Å². The van der Waals surface area contributed by atoms with Gasteiger partial charge in [-0.15, -0.1) is 0 Å². The molecule has 12 nitrogen and oxygen atoms in total. The van der Waals surface area contributed by atoms with Crippen molar-refractivity contribution in [3.63, 3.8) is 0 Å². The number of nitrogens with one attached hydrogen (secondary N) is 1. The summed E-state index contributed by atoms with van der Waals surface area (Å²) in [7, 11) is 1.63. The molecule has 184 valence electrons. The Hall–Kier alpha value is -3.28. The zero-order valence-electron chi connectivity index (χ0n) is 20.4. The molecule has 1 saturated heterocycles. The Morgan fingerprint density at radius 1 is 1.15 bits per heavy atom. The Morgan fingerprint density at radius 2 is 1.88 bits per heavy atom. The minimum absolute atomic E-state index is 0.0359. The summed E-state index contributed by atoms with van der Waals surface area (Å²) in [5.74, 6) is 2.00. The molecule has 2 aromatic heterocycles. The average molecular weight is 473 g/mol. The summed E-state index contributed by atoms with van der Waals surface area (Å²) < 4.78 is 10.5. The van der Waals surface area contributed by atoms with Crippen LogP contribution in [0.15, 0.2) is 4.52 Å². The van der Waals surface area contributed by atoms with Crippen molar-refractivity contribution in [1.82, 2.24) is 29.9 Å². The fraction of sp³-hybridized carbons (Fsp3) is 0.636. The highest BCUT2D eigenvalue weighted by Gasteiger charge is 2.35. The number of methoxy groups -OCH3 is 1. The smallest absolute Gasteiger partial charge is 0.273 e. The van der Waals surface area contributed by atoms with Gasteiger partial charge in [-0.25, -0.2) is 4.98 Å². The lowest BCUT2D eigenvalue weighted by Gasteiger charge is -2.34. The summed E-state index contributed by atoms with van der Waals surface area (Å²) in [4.78, 5) is 44.3. The second-order valence-electron chi connectivity index (χ2n) is 8.88. The fourth-order valence-corrected chi connectivity index (χ4v) is 4.08. The van der Waals surface area contributed by atoms with Gasteiger partial charge >= 0.3 is 0 Å². The summed E-state index contributed by atoms with van der Waals surface area (Å²) in [6, 6.07) is -0.290. The Balaban J connectivity index is 1.61. The molecule has 4 rings (SSSR count). The summed E-state index contributed by atoms with van der Waals surface area (Å²) in [6.45, 7) is 10.8. The van der Waals surface area contributed by atoms with Gasteiger partial charge in [-0.05, 0) is 20.8 Å². The van der Waals surface area contributed by atoms with Crippen molar-refractivity contribution in [1.29, 1.82) is 0 Å². The van der Waals surface area contributed by atoms with Gasteiger partial charge in [0.05, 0.1) is 13.2 Å². The monoisotopic (exact) mass is 472 g/mol. The molecule has 12 heteroatoms. The Labute approximate surface area is 198 Å². The SMILES string of the molecule is COCCc1noc(C(C)Nc2nc(N3CCN(C(C)=O)CC3)nc3c2CN(C(C)C)C3=O)n1. The van der Waals surface area contributed by atoms with E-state index in [2.05, 4.69) is 20.4 Å². The van der Waals surface area contributed by atoms with Crippen LogP contribution in [0.1, 0.15) is 61.5 Å². The van der Waals surface area contributed by atoms with Crippen LogP contribution in [-0.2, 0) is 22.5 Å². The van der Waals surface area contributed by atoms with Gasteiger partial charge in [-0.2, -0.15) is 9.97 Å². The van der Waals surface area contributed by atoms with Gasteiger partial charge in [0.1, 0.15) is 17.6 Å². The van der Waals surface area contributed by atoms with Crippen LogP contribution < -0.4 is 10.2 Å². The van der Waals surface area contributed by atoms with Crippen molar-refractivity contribution in [3.05, 3.63) is 23.0 Å². The number of ether oxygens (including phenoxy) is 1. The third-order valence-electron chi connectivity index (χ3n) is 6.16. The van der Waals surface area contributed by atoms with Gasteiger partial charge in [0, 0.05) is 58.2 Å². The van der Waals surface area contributed by atoms with E-state index in [1.54, 1.807) is 23.8 Å². The second kappa shape index (κ2) is 9.92. The molecule has 1 fully saturated rings. The van der Waals surface area contributed by atoms with Crippen molar-refractivity contribution in [3.8, 4) is 0 Å². The van der Waals surface area contributed by atoms with E-state index in [1.807, 2.05) is 25.7 Å². The van der Waals surface area contributed by atoms with Gasteiger partial charge in [-0.3, -0.25) is 9.59 Å². The molecular formula is C22H32N8O4. The van der Waals surface area contributed by atoms with E-state index < -0.39 is 0 Å². The number of amides is 2. The highest BCUT2D eigenvalue weighted by molar-refractivity contribution is 5.98. The molecule has 4 heterocycles. The number of aromatic nitrogens is 4. The van der Waals surface area contributed by atoms with Gasteiger partial charge in [0.2, 0.25) is 17.7 Å². The average Bonchev–Trinajstić information content (AvgIpc) is 3.43. The predicted molar refractivity (Wildman–Crippen MR) is 123 cm³/mol. The third-order valence-corrected chi connectivity index (χ3v) is 6.16. The molecule has 2 aliphatic rings. The number of nitrogens with zero attached hydrogens (tertiary/aromatic N) is 7. The van der Waals surface area contributed by atoms with Crippen molar-refractivity contribution < 1.29 is 18.8 Å². The first kappa shape index (κ1) is 23.9. The molecular weight excluding hydrogens is 440 g/mol. The number of anilines is 2. The highest BCUT2D eigenvalue weighted by atomic mass is 16.5. The lowest BCUT2D eigenvalue weighted by molar-refractivity contribution is -0.129. The molecule has 0 saturated carbocycles. The van der Waals surface area contributed by atoms with Crippen molar-refractivity contribution in [2.75, 3.05) is 50.1 Å². The van der Waals surface area contributed by atoms with E-state index >= 15 is 0 Å². The van der Waals surface area contributed by atoms with E-state index in [0.717, 1.165) is 5.56 Å². The maximum absolute atomic E-state index is 13.1. The molecule has 2 aliphatic heterocycles. The maximum Gasteiger partial charge on any atom is 0.273 e. The zero-order valence-corrected chi connectivity index (χ0v) is 20.4. The van der Waals surface area contributed by atoms with Crippen molar-refractivity contribution in [2.24, 2.45) is 0 Å². The molecule has 34 heavy (non-hydrogen) atoms. The number of hydrogen-bond donors (Lipinski definition) is 1. The fourth-order valence-electron chi connectivity index (χ4n) is 4.08. The van der Waals surface area contributed by atoms with Crippen molar-refractivity contribution in [2.45, 2.75) is 52.7 Å². The van der Waals surface area contributed by atoms with Crippen LogP contribution in [0.25, 0.3) is 0 Å². The van der Waals surface area contributed by atoms with Crippen LogP contribution in [-0.4, -0.2) is 87.7 Å². The van der Waals surface area contributed by atoms with E-state index in [9.17, 15) is 9.59 Å². The van der Waals surface area contributed by atoms with Crippen LogP contribution in [0.4, 0.5) is 11.8 Å². The highest BCUT2D eigenvalue weighted by Crippen LogP contribution is 2.32. The molecule has 0 aromatic carbocycles.